The minimum Gasteiger partial charge on any atom is -0.480 e. The Balaban J connectivity index is 2.97. The van der Waals surface area contributed by atoms with Crippen LogP contribution in [0.4, 0.5) is 0 Å². The fourth-order valence-corrected chi connectivity index (χ4v) is 2.90. The van der Waals surface area contributed by atoms with E-state index in [2.05, 4.69) is 4.72 Å². The van der Waals surface area contributed by atoms with Crippen LogP contribution in [0.2, 0.25) is 0 Å². The van der Waals surface area contributed by atoms with Crippen LogP contribution in [0.1, 0.15) is 31.7 Å². The van der Waals surface area contributed by atoms with Gasteiger partial charge < -0.3 is 5.11 Å². The molecule has 0 aliphatic heterocycles. The van der Waals surface area contributed by atoms with Gasteiger partial charge in [-0.25, -0.2) is 8.42 Å². The van der Waals surface area contributed by atoms with Crippen LogP contribution in [0.15, 0.2) is 29.2 Å². The lowest BCUT2D eigenvalue weighted by Crippen LogP contribution is -2.40. The van der Waals surface area contributed by atoms with Crippen molar-refractivity contribution in [3.05, 3.63) is 29.8 Å². The summed E-state index contributed by atoms with van der Waals surface area (Å²) in [5.41, 5.74) is 0.202. The van der Waals surface area contributed by atoms with E-state index in [1.54, 1.807) is 0 Å². The summed E-state index contributed by atoms with van der Waals surface area (Å²) in [6, 6.07) is 6.13. The topological polar surface area (TPSA) is 107 Å². The van der Waals surface area contributed by atoms with Crippen LogP contribution in [0.25, 0.3) is 0 Å². The number of hydrogen-bond donors (Lipinski definition) is 2. The third-order valence-electron chi connectivity index (χ3n) is 2.72. The Morgan fingerprint density at radius 3 is 2.75 bits per heavy atom. The SMILES string of the molecule is CCCC[C@H](NS(=O)(=O)c1cccc(C#N)c1)C(=O)O. The first-order valence-electron chi connectivity index (χ1n) is 6.16. The Hall–Kier alpha value is -1.91. The summed E-state index contributed by atoms with van der Waals surface area (Å²) in [5.74, 6) is -1.21. The van der Waals surface area contributed by atoms with Crippen LogP contribution in [-0.2, 0) is 14.8 Å². The van der Waals surface area contributed by atoms with Gasteiger partial charge in [-0.1, -0.05) is 25.8 Å². The maximum Gasteiger partial charge on any atom is 0.321 e. The number of unbranched alkanes of at least 4 members (excludes halogenated alkanes) is 1. The molecule has 1 aromatic carbocycles. The Morgan fingerprint density at radius 1 is 1.50 bits per heavy atom. The molecule has 108 valence electrons. The van der Waals surface area contributed by atoms with Crippen molar-refractivity contribution in [1.29, 1.82) is 5.26 Å². The van der Waals surface area contributed by atoms with E-state index in [4.69, 9.17) is 10.4 Å². The van der Waals surface area contributed by atoms with E-state index in [0.29, 0.717) is 6.42 Å². The van der Waals surface area contributed by atoms with Gasteiger partial charge in [0.05, 0.1) is 16.5 Å². The Morgan fingerprint density at radius 2 is 2.20 bits per heavy atom. The quantitative estimate of drug-likeness (QED) is 0.792. The van der Waals surface area contributed by atoms with Crippen molar-refractivity contribution in [2.75, 3.05) is 0 Å². The number of benzene rings is 1. The highest BCUT2D eigenvalue weighted by Crippen LogP contribution is 2.13. The van der Waals surface area contributed by atoms with E-state index < -0.39 is 22.0 Å². The molecule has 0 aliphatic carbocycles. The lowest BCUT2D eigenvalue weighted by Gasteiger charge is -2.14. The molecule has 20 heavy (non-hydrogen) atoms. The second kappa shape index (κ2) is 7.03. The number of hydrogen-bond acceptors (Lipinski definition) is 4. The molecular weight excluding hydrogens is 280 g/mol. The minimum absolute atomic E-state index is 0.112. The molecule has 0 spiro atoms. The molecule has 0 radical (unpaired) electrons. The van der Waals surface area contributed by atoms with Gasteiger partial charge in [-0.15, -0.1) is 0 Å². The van der Waals surface area contributed by atoms with Gasteiger partial charge in [0.15, 0.2) is 0 Å². The summed E-state index contributed by atoms with van der Waals surface area (Å²) in [4.78, 5) is 10.9. The van der Waals surface area contributed by atoms with Gasteiger partial charge in [0, 0.05) is 0 Å². The monoisotopic (exact) mass is 296 g/mol. The van der Waals surface area contributed by atoms with E-state index in [1.165, 1.54) is 24.3 Å². The molecule has 1 atom stereocenters. The van der Waals surface area contributed by atoms with Crippen LogP contribution in [0, 0.1) is 11.3 Å². The van der Waals surface area contributed by atoms with Gasteiger partial charge in [-0.05, 0) is 24.6 Å². The van der Waals surface area contributed by atoms with Crippen LogP contribution in [0.5, 0.6) is 0 Å². The zero-order valence-corrected chi connectivity index (χ0v) is 11.9. The van der Waals surface area contributed by atoms with Gasteiger partial charge in [0.25, 0.3) is 0 Å². The average molecular weight is 296 g/mol. The molecule has 7 heteroatoms. The van der Waals surface area contributed by atoms with Gasteiger partial charge in [0.1, 0.15) is 6.04 Å². The maximum atomic E-state index is 12.1. The van der Waals surface area contributed by atoms with Crippen molar-refractivity contribution in [1.82, 2.24) is 4.72 Å². The second-order valence-corrected chi connectivity index (χ2v) is 6.01. The van der Waals surface area contributed by atoms with E-state index in [0.717, 1.165) is 6.42 Å². The number of carboxylic acids is 1. The third-order valence-corrected chi connectivity index (χ3v) is 4.18. The molecule has 0 saturated heterocycles. The zero-order valence-electron chi connectivity index (χ0n) is 11.0. The lowest BCUT2D eigenvalue weighted by molar-refractivity contribution is -0.139. The minimum atomic E-state index is -3.95. The first kappa shape index (κ1) is 16.1. The molecular formula is C13H16N2O4S. The number of aliphatic carboxylic acids is 1. The molecule has 0 aliphatic rings. The maximum absolute atomic E-state index is 12.1. The van der Waals surface area contributed by atoms with Crippen molar-refractivity contribution < 1.29 is 18.3 Å². The summed E-state index contributed by atoms with van der Waals surface area (Å²) in [5, 5.41) is 17.8. The molecule has 0 aromatic heterocycles. The number of nitrogens with zero attached hydrogens (tertiary/aromatic N) is 1. The smallest absolute Gasteiger partial charge is 0.321 e. The number of nitriles is 1. The molecule has 0 heterocycles. The van der Waals surface area contributed by atoms with Crippen molar-refractivity contribution >= 4 is 16.0 Å². The number of carbonyl (C=O) groups is 1. The van der Waals surface area contributed by atoms with Gasteiger partial charge in [0.2, 0.25) is 10.0 Å². The summed E-state index contributed by atoms with van der Waals surface area (Å²) >= 11 is 0. The van der Waals surface area contributed by atoms with Crippen molar-refractivity contribution in [3.8, 4) is 6.07 Å². The summed E-state index contributed by atoms with van der Waals surface area (Å²) in [6.45, 7) is 1.89. The summed E-state index contributed by atoms with van der Waals surface area (Å²) < 4.78 is 26.3. The predicted molar refractivity (Wildman–Crippen MR) is 72.4 cm³/mol. The Labute approximate surface area is 118 Å². The van der Waals surface area contributed by atoms with Crippen molar-refractivity contribution in [3.63, 3.8) is 0 Å². The fraction of sp³-hybridized carbons (Fsp3) is 0.385. The van der Waals surface area contributed by atoms with Gasteiger partial charge >= 0.3 is 5.97 Å². The first-order valence-corrected chi connectivity index (χ1v) is 7.64. The summed E-state index contributed by atoms with van der Waals surface area (Å²) in [7, 11) is -3.95. The van der Waals surface area contributed by atoms with E-state index in [-0.39, 0.29) is 16.9 Å². The molecule has 1 aromatic rings. The molecule has 6 nitrogen and oxygen atoms in total. The Kier molecular flexibility index (Phi) is 5.67. The van der Waals surface area contributed by atoms with E-state index >= 15 is 0 Å². The van der Waals surface area contributed by atoms with Crippen LogP contribution < -0.4 is 4.72 Å². The molecule has 0 bridgehead atoms. The normalized spacial score (nSPS) is 12.6. The van der Waals surface area contributed by atoms with E-state index in [9.17, 15) is 13.2 Å². The van der Waals surface area contributed by atoms with Crippen molar-refractivity contribution in [2.45, 2.75) is 37.1 Å². The second-order valence-electron chi connectivity index (χ2n) is 4.29. The number of nitrogens with one attached hydrogen (secondary N) is 1. The predicted octanol–water partition coefficient (Wildman–Crippen LogP) is 1.48. The lowest BCUT2D eigenvalue weighted by atomic mass is 10.1. The summed E-state index contributed by atoms with van der Waals surface area (Å²) in [6.07, 6.45) is 1.61. The molecule has 0 unspecified atom stereocenters. The average Bonchev–Trinajstić information content (AvgIpc) is 2.43. The largest absolute Gasteiger partial charge is 0.480 e. The highest BCUT2D eigenvalue weighted by Gasteiger charge is 2.24. The molecule has 2 N–H and O–H groups in total. The number of sulfonamides is 1. The molecule has 0 amide bonds. The number of carboxylic acid groups (broad SMARTS) is 1. The van der Waals surface area contributed by atoms with Crippen LogP contribution >= 0.6 is 0 Å². The Bertz CT molecular complexity index is 620. The molecule has 1 rings (SSSR count). The highest BCUT2D eigenvalue weighted by molar-refractivity contribution is 7.89. The van der Waals surface area contributed by atoms with Gasteiger partial charge in [-0.3, -0.25) is 4.79 Å². The first-order chi connectivity index (χ1) is 9.40. The molecule has 0 fully saturated rings. The number of rotatable bonds is 7. The van der Waals surface area contributed by atoms with Crippen LogP contribution in [-0.4, -0.2) is 25.5 Å². The fourth-order valence-electron chi connectivity index (χ4n) is 1.63. The highest BCUT2D eigenvalue weighted by atomic mass is 32.2. The third kappa shape index (κ3) is 4.33. The van der Waals surface area contributed by atoms with Crippen LogP contribution in [0.3, 0.4) is 0 Å². The zero-order chi connectivity index (χ0) is 15.2. The van der Waals surface area contributed by atoms with E-state index in [1.807, 2.05) is 13.0 Å². The standard InChI is InChI=1S/C13H16N2O4S/c1-2-3-7-12(13(16)17)15-20(18,19)11-6-4-5-10(8-11)9-14/h4-6,8,12,15H,2-3,7H2,1H3,(H,16,17)/t12-/m0/s1. The van der Waals surface area contributed by atoms with Gasteiger partial charge in [-0.2, -0.15) is 9.98 Å². The molecule has 0 saturated carbocycles. The van der Waals surface area contributed by atoms with Crippen molar-refractivity contribution in [2.24, 2.45) is 0 Å².